The van der Waals surface area contributed by atoms with Crippen LogP contribution in [0.1, 0.15) is 18.1 Å². The molecule has 118 valence electrons. The number of benzene rings is 1. The van der Waals surface area contributed by atoms with Gasteiger partial charge in [0.2, 0.25) is 0 Å². The molecule has 0 aromatic heterocycles. The molecule has 1 aromatic carbocycles. The van der Waals surface area contributed by atoms with Crippen molar-refractivity contribution in [1.29, 1.82) is 0 Å². The molecule has 1 fully saturated rings. The minimum atomic E-state index is -4.28. The van der Waals surface area contributed by atoms with Crippen molar-refractivity contribution in [2.75, 3.05) is 14.2 Å². The molecule has 21 heavy (non-hydrogen) atoms. The van der Waals surface area contributed by atoms with Crippen LogP contribution in [0.15, 0.2) is 30.3 Å². The van der Waals surface area contributed by atoms with Gasteiger partial charge in [-0.15, -0.1) is 0 Å². The molecular formula is C13H17F2O5P. The number of hydrogen-bond donors (Lipinski definition) is 1. The molecule has 8 heteroatoms. The van der Waals surface area contributed by atoms with Crippen LogP contribution in [0.4, 0.5) is 8.78 Å². The van der Waals surface area contributed by atoms with Crippen LogP contribution >= 0.6 is 7.82 Å². The highest BCUT2D eigenvalue weighted by Gasteiger charge is 2.61. The lowest BCUT2D eigenvalue weighted by molar-refractivity contribution is -0.209. The van der Waals surface area contributed by atoms with Gasteiger partial charge in [0.25, 0.3) is 0 Å². The van der Waals surface area contributed by atoms with E-state index in [4.69, 9.17) is 0 Å². The highest BCUT2D eigenvalue weighted by Crippen LogP contribution is 2.61. The molecule has 5 nitrogen and oxygen atoms in total. The van der Waals surface area contributed by atoms with Gasteiger partial charge in [-0.05, 0) is 12.0 Å². The molecule has 0 heterocycles. The molecule has 0 radical (unpaired) electrons. The van der Waals surface area contributed by atoms with E-state index in [9.17, 15) is 18.5 Å². The second-order valence-electron chi connectivity index (χ2n) is 4.83. The number of halogens is 2. The average Bonchev–Trinajstić information content (AvgIpc) is 3.28. The van der Waals surface area contributed by atoms with E-state index in [0.29, 0.717) is 5.56 Å². The Balaban J connectivity index is 2.03. The first-order valence-corrected chi connectivity index (χ1v) is 7.82. The van der Waals surface area contributed by atoms with Gasteiger partial charge in [0.15, 0.2) is 0 Å². The van der Waals surface area contributed by atoms with Gasteiger partial charge in [0.05, 0.1) is 12.0 Å². The number of alkyl halides is 2. The van der Waals surface area contributed by atoms with E-state index >= 15 is 0 Å². The van der Waals surface area contributed by atoms with Gasteiger partial charge >= 0.3 is 13.9 Å². The van der Waals surface area contributed by atoms with Crippen LogP contribution in [0, 0.1) is 11.8 Å². The minimum absolute atomic E-state index is 0.0660. The summed E-state index contributed by atoms with van der Waals surface area (Å²) in [7, 11) is -2.35. The highest BCUT2D eigenvalue weighted by atomic mass is 31.2. The lowest BCUT2D eigenvalue weighted by Crippen LogP contribution is -2.25. The Bertz CT molecular complexity index is 517. The second-order valence-corrected chi connectivity index (χ2v) is 6.63. The maximum absolute atomic E-state index is 13.9. The van der Waals surface area contributed by atoms with Crippen LogP contribution in [-0.2, 0) is 18.1 Å². The first kappa shape index (κ1) is 16.5. The third-order valence-electron chi connectivity index (χ3n) is 3.50. The van der Waals surface area contributed by atoms with Gasteiger partial charge in [-0.25, -0.2) is 9.09 Å². The first-order chi connectivity index (χ1) is 9.83. The van der Waals surface area contributed by atoms with Crippen molar-refractivity contribution in [3.05, 3.63) is 35.9 Å². The molecule has 1 aromatic rings. The third kappa shape index (κ3) is 3.67. The molecule has 0 spiro atoms. The van der Waals surface area contributed by atoms with E-state index < -0.39 is 31.9 Å². The summed E-state index contributed by atoms with van der Waals surface area (Å²) in [5, 5.41) is 10.1. The third-order valence-corrected chi connectivity index (χ3v) is 4.86. The second kappa shape index (κ2) is 6.10. The van der Waals surface area contributed by atoms with E-state index in [0.717, 1.165) is 14.2 Å². The summed E-state index contributed by atoms with van der Waals surface area (Å²) in [5.74, 6) is -1.89. The molecule has 0 amide bonds. The highest BCUT2D eigenvalue weighted by molar-refractivity contribution is 7.48. The van der Waals surface area contributed by atoms with Crippen LogP contribution < -0.4 is 0 Å². The molecule has 1 aliphatic carbocycles. The summed E-state index contributed by atoms with van der Waals surface area (Å²) in [6, 6.07) is 8.53. The SMILES string of the molecule is COP(=O)(OC)OC(F)(F)[C@H]1C[C@@H]1[C@H](O)c1ccccc1. The van der Waals surface area contributed by atoms with Crippen LogP contribution in [0.5, 0.6) is 0 Å². The lowest BCUT2D eigenvalue weighted by Gasteiger charge is -2.22. The molecule has 3 atom stereocenters. The van der Waals surface area contributed by atoms with Crippen LogP contribution in [0.3, 0.4) is 0 Å². The Morgan fingerprint density at radius 2 is 1.86 bits per heavy atom. The molecule has 2 rings (SSSR count). The largest absolute Gasteiger partial charge is 0.479 e. The topological polar surface area (TPSA) is 65.0 Å². The Labute approximate surface area is 121 Å². The summed E-state index contributed by atoms with van der Waals surface area (Å²) in [4.78, 5) is 0. The van der Waals surface area contributed by atoms with Gasteiger partial charge in [0.1, 0.15) is 0 Å². The van der Waals surface area contributed by atoms with Crippen LogP contribution in [-0.4, -0.2) is 25.4 Å². The van der Waals surface area contributed by atoms with E-state index in [1.165, 1.54) is 0 Å². The molecule has 1 N–H and O–H groups in total. The van der Waals surface area contributed by atoms with E-state index in [1.54, 1.807) is 30.3 Å². The average molecular weight is 322 g/mol. The van der Waals surface area contributed by atoms with E-state index in [2.05, 4.69) is 13.6 Å². The molecule has 1 aliphatic rings. The predicted octanol–water partition coefficient (Wildman–Crippen LogP) is 3.37. The first-order valence-electron chi connectivity index (χ1n) is 6.36. The van der Waals surface area contributed by atoms with Crippen LogP contribution in [0.25, 0.3) is 0 Å². The number of phosphoric acid groups is 1. The Morgan fingerprint density at radius 3 is 2.38 bits per heavy atom. The number of rotatable bonds is 7. The minimum Gasteiger partial charge on any atom is -0.388 e. The monoisotopic (exact) mass is 322 g/mol. The standard InChI is InChI=1S/C13H17F2O5P/c1-18-21(17,19-2)20-13(14,15)11-8-10(11)12(16)9-6-4-3-5-7-9/h3-7,10-12,16H,8H2,1-2H3/t10-,11-,12+/m0/s1. The van der Waals surface area contributed by atoms with Crippen molar-refractivity contribution in [2.45, 2.75) is 18.6 Å². The van der Waals surface area contributed by atoms with Crippen LogP contribution in [0.2, 0.25) is 0 Å². The molecule has 0 aliphatic heterocycles. The number of phosphoric ester groups is 1. The van der Waals surface area contributed by atoms with Gasteiger partial charge in [-0.2, -0.15) is 8.78 Å². The summed E-state index contributed by atoms with van der Waals surface area (Å²) in [6.45, 7) is 0. The Morgan fingerprint density at radius 1 is 1.29 bits per heavy atom. The molecule has 1 saturated carbocycles. The van der Waals surface area contributed by atoms with Crippen molar-refractivity contribution < 1.29 is 32.0 Å². The number of aliphatic hydroxyl groups excluding tert-OH is 1. The fourth-order valence-corrected chi connectivity index (χ4v) is 2.94. The lowest BCUT2D eigenvalue weighted by atomic mass is 10.0. The molecular weight excluding hydrogens is 305 g/mol. The predicted molar refractivity (Wildman–Crippen MR) is 70.7 cm³/mol. The van der Waals surface area contributed by atoms with Gasteiger partial charge in [-0.3, -0.25) is 9.05 Å². The van der Waals surface area contributed by atoms with Crippen molar-refractivity contribution >= 4 is 7.82 Å². The number of hydrogen-bond acceptors (Lipinski definition) is 5. The quantitative estimate of drug-likeness (QED) is 0.780. The summed E-state index contributed by atoms with van der Waals surface area (Å²) >= 11 is 0. The van der Waals surface area contributed by atoms with Crippen molar-refractivity contribution in [3.63, 3.8) is 0 Å². The smallest absolute Gasteiger partial charge is 0.388 e. The van der Waals surface area contributed by atoms with Gasteiger partial charge < -0.3 is 5.11 Å². The maximum atomic E-state index is 13.9. The normalized spacial score (nSPS) is 23.9. The zero-order valence-corrected chi connectivity index (χ0v) is 12.5. The van der Waals surface area contributed by atoms with Crippen molar-refractivity contribution in [2.24, 2.45) is 11.8 Å². The fourth-order valence-electron chi connectivity index (χ4n) is 2.21. The maximum Gasteiger partial charge on any atom is 0.479 e. The zero-order valence-electron chi connectivity index (χ0n) is 11.6. The van der Waals surface area contributed by atoms with Gasteiger partial charge in [-0.1, -0.05) is 30.3 Å². The van der Waals surface area contributed by atoms with E-state index in [1.807, 2.05) is 0 Å². The van der Waals surface area contributed by atoms with Crippen molar-refractivity contribution in [3.8, 4) is 0 Å². The summed E-state index contributed by atoms with van der Waals surface area (Å²) in [6.07, 6.45) is -4.64. The Hall–Kier alpha value is -0.850. The molecule has 0 unspecified atom stereocenters. The fraction of sp³-hybridized carbons (Fsp3) is 0.538. The Kier molecular flexibility index (Phi) is 4.80. The summed E-state index contributed by atoms with van der Waals surface area (Å²) < 4.78 is 52.4. The number of aliphatic hydroxyl groups is 1. The van der Waals surface area contributed by atoms with Crippen molar-refractivity contribution in [1.82, 2.24) is 0 Å². The molecule has 0 bridgehead atoms. The summed E-state index contributed by atoms with van der Waals surface area (Å²) in [5.41, 5.74) is 0.558. The molecule has 0 saturated heterocycles. The zero-order chi connectivity index (χ0) is 15.7. The van der Waals surface area contributed by atoms with Gasteiger partial charge in [0, 0.05) is 20.1 Å². The van der Waals surface area contributed by atoms with E-state index in [-0.39, 0.29) is 6.42 Å².